The first kappa shape index (κ1) is 17.2. The summed E-state index contributed by atoms with van der Waals surface area (Å²) in [5.74, 6) is -0.000914. The number of likely N-dealkylation sites (N-methyl/N-ethyl adjacent to an activating group) is 1. The van der Waals surface area contributed by atoms with E-state index in [1.807, 2.05) is 24.3 Å². The van der Waals surface area contributed by atoms with Crippen LogP contribution in [0, 0.1) is 0 Å². The van der Waals surface area contributed by atoms with Crippen molar-refractivity contribution in [3.63, 3.8) is 0 Å². The van der Waals surface area contributed by atoms with Gasteiger partial charge in [-0.2, -0.15) is 0 Å². The van der Waals surface area contributed by atoms with Gasteiger partial charge in [0.05, 0.1) is 5.69 Å². The molecule has 1 N–H and O–H groups in total. The lowest BCUT2D eigenvalue weighted by Crippen LogP contribution is -2.32. The van der Waals surface area contributed by atoms with E-state index in [2.05, 4.69) is 29.4 Å². The molecule has 1 heterocycles. The first-order chi connectivity index (χ1) is 12.0. The number of nitrogens with zero attached hydrogens (tertiary/aromatic N) is 1. The molecule has 0 aromatic heterocycles. The highest BCUT2D eigenvalue weighted by molar-refractivity contribution is 5.92. The Labute approximate surface area is 147 Å². The van der Waals surface area contributed by atoms with E-state index in [-0.39, 0.29) is 11.8 Å². The molecule has 1 amide bonds. The standard InChI is InChI=1S/C20H22N2O3/c1-13(23)21-20-18-12-22(3)11-17(15-7-5-4-6-8-15)16(18)9-10-19(20)25-14(2)24/h4-10,17H,11-12H2,1-3H3,(H,21,23). The number of hydrogen-bond acceptors (Lipinski definition) is 4. The van der Waals surface area contributed by atoms with Gasteiger partial charge >= 0.3 is 5.97 Å². The molecule has 2 aromatic carbocycles. The zero-order valence-corrected chi connectivity index (χ0v) is 14.7. The zero-order chi connectivity index (χ0) is 18.0. The number of carbonyl (C=O) groups is 2. The summed E-state index contributed by atoms with van der Waals surface area (Å²) in [6, 6.07) is 14.1. The van der Waals surface area contributed by atoms with Gasteiger partial charge in [-0.15, -0.1) is 0 Å². The van der Waals surface area contributed by atoms with Crippen LogP contribution < -0.4 is 10.1 Å². The Bertz CT molecular complexity index is 802. The van der Waals surface area contributed by atoms with Crippen LogP contribution in [0.3, 0.4) is 0 Å². The summed E-state index contributed by atoms with van der Waals surface area (Å²) in [6.45, 7) is 4.39. The van der Waals surface area contributed by atoms with Crippen molar-refractivity contribution in [1.82, 2.24) is 4.90 Å². The number of amides is 1. The van der Waals surface area contributed by atoms with Gasteiger partial charge in [-0.1, -0.05) is 36.4 Å². The largest absolute Gasteiger partial charge is 0.424 e. The minimum Gasteiger partial charge on any atom is -0.424 e. The normalized spacial score (nSPS) is 16.8. The van der Waals surface area contributed by atoms with Crippen molar-refractivity contribution >= 4 is 17.6 Å². The van der Waals surface area contributed by atoms with E-state index in [1.54, 1.807) is 6.07 Å². The first-order valence-electron chi connectivity index (χ1n) is 8.31. The average molecular weight is 338 g/mol. The van der Waals surface area contributed by atoms with Crippen molar-refractivity contribution in [2.75, 3.05) is 18.9 Å². The molecule has 5 heteroatoms. The van der Waals surface area contributed by atoms with Gasteiger partial charge in [0.2, 0.25) is 5.91 Å². The third-order valence-electron chi connectivity index (χ3n) is 4.37. The highest BCUT2D eigenvalue weighted by atomic mass is 16.5. The second kappa shape index (κ2) is 7.07. The number of anilines is 1. The van der Waals surface area contributed by atoms with E-state index in [4.69, 9.17) is 4.74 Å². The van der Waals surface area contributed by atoms with E-state index in [9.17, 15) is 9.59 Å². The lowest BCUT2D eigenvalue weighted by atomic mass is 9.84. The van der Waals surface area contributed by atoms with Crippen molar-refractivity contribution in [3.05, 3.63) is 59.2 Å². The molecule has 0 bridgehead atoms. The number of esters is 1. The predicted octanol–water partition coefficient (Wildman–Crippen LogP) is 3.15. The highest BCUT2D eigenvalue weighted by Gasteiger charge is 2.28. The maximum absolute atomic E-state index is 11.7. The van der Waals surface area contributed by atoms with Gasteiger partial charge in [0.1, 0.15) is 0 Å². The van der Waals surface area contributed by atoms with E-state index in [1.165, 1.54) is 19.4 Å². The number of rotatable bonds is 3. The number of fused-ring (bicyclic) bond motifs is 1. The monoisotopic (exact) mass is 338 g/mol. The molecule has 2 aromatic rings. The van der Waals surface area contributed by atoms with Crippen LogP contribution in [0.2, 0.25) is 0 Å². The number of benzene rings is 2. The van der Waals surface area contributed by atoms with Gasteiger partial charge in [0.25, 0.3) is 0 Å². The van der Waals surface area contributed by atoms with Gasteiger partial charge in [0.15, 0.2) is 5.75 Å². The maximum atomic E-state index is 11.7. The lowest BCUT2D eigenvalue weighted by Gasteiger charge is -2.34. The zero-order valence-electron chi connectivity index (χ0n) is 14.7. The van der Waals surface area contributed by atoms with Crippen LogP contribution in [-0.4, -0.2) is 30.4 Å². The number of hydrogen-bond donors (Lipinski definition) is 1. The molecule has 1 unspecified atom stereocenters. The fourth-order valence-electron chi connectivity index (χ4n) is 3.41. The molecular formula is C20H22N2O3. The second-order valence-electron chi connectivity index (χ2n) is 6.44. The molecule has 0 radical (unpaired) electrons. The summed E-state index contributed by atoms with van der Waals surface area (Å²) >= 11 is 0. The molecule has 5 nitrogen and oxygen atoms in total. The lowest BCUT2D eigenvalue weighted by molar-refractivity contribution is -0.131. The Morgan fingerprint density at radius 1 is 1.12 bits per heavy atom. The number of ether oxygens (including phenoxy) is 1. The van der Waals surface area contributed by atoms with Gasteiger partial charge < -0.3 is 15.0 Å². The fourth-order valence-corrected chi connectivity index (χ4v) is 3.41. The molecule has 25 heavy (non-hydrogen) atoms. The minimum absolute atomic E-state index is 0.189. The Morgan fingerprint density at radius 3 is 2.48 bits per heavy atom. The SMILES string of the molecule is CC(=O)Nc1c(OC(C)=O)ccc2c1CN(C)CC2c1ccccc1. The Hall–Kier alpha value is -2.66. The Balaban J connectivity index is 2.13. The van der Waals surface area contributed by atoms with Crippen LogP contribution in [0.15, 0.2) is 42.5 Å². The minimum atomic E-state index is -0.407. The van der Waals surface area contributed by atoms with Crippen LogP contribution in [0.4, 0.5) is 5.69 Å². The third-order valence-corrected chi connectivity index (χ3v) is 4.37. The van der Waals surface area contributed by atoms with Crippen molar-refractivity contribution in [2.24, 2.45) is 0 Å². The smallest absolute Gasteiger partial charge is 0.308 e. The van der Waals surface area contributed by atoms with E-state index < -0.39 is 5.97 Å². The number of carbonyl (C=O) groups excluding carboxylic acids is 2. The Kier molecular flexibility index (Phi) is 4.86. The molecular weight excluding hydrogens is 316 g/mol. The van der Waals surface area contributed by atoms with Gasteiger partial charge in [-0.3, -0.25) is 9.59 Å². The average Bonchev–Trinajstić information content (AvgIpc) is 2.56. The van der Waals surface area contributed by atoms with Crippen molar-refractivity contribution < 1.29 is 14.3 Å². The van der Waals surface area contributed by atoms with Crippen LogP contribution in [-0.2, 0) is 16.1 Å². The van der Waals surface area contributed by atoms with E-state index in [0.29, 0.717) is 18.0 Å². The summed E-state index contributed by atoms with van der Waals surface area (Å²) in [5.41, 5.74) is 3.97. The maximum Gasteiger partial charge on any atom is 0.308 e. The predicted molar refractivity (Wildman–Crippen MR) is 96.7 cm³/mol. The molecule has 0 saturated carbocycles. The van der Waals surface area contributed by atoms with Crippen molar-refractivity contribution in [3.8, 4) is 5.75 Å². The molecule has 1 aliphatic rings. The quantitative estimate of drug-likeness (QED) is 0.690. The molecule has 0 fully saturated rings. The van der Waals surface area contributed by atoms with Gasteiger partial charge in [-0.25, -0.2) is 0 Å². The van der Waals surface area contributed by atoms with Crippen molar-refractivity contribution in [1.29, 1.82) is 0 Å². The topological polar surface area (TPSA) is 58.6 Å². The van der Waals surface area contributed by atoms with E-state index >= 15 is 0 Å². The molecule has 1 aliphatic heterocycles. The van der Waals surface area contributed by atoms with E-state index in [0.717, 1.165) is 17.7 Å². The summed E-state index contributed by atoms with van der Waals surface area (Å²) < 4.78 is 5.32. The summed E-state index contributed by atoms with van der Waals surface area (Å²) in [7, 11) is 2.05. The fraction of sp³-hybridized carbons (Fsp3) is 0.300. The van der Waals surface area contributed by atoms with Crippen LogP contribution >= 0.6 is 0 Å². The van der Waals surface area contributed by atoms with Crippen LogP contribution in [0.5, 0.6) is 5.75 Å². The Morgan fingerprint density at radius 2 is 1.84 bits per heavy atom. The van der Waals surface area contributed by atoms with Crippen LogP contribution in [0.1, 0.15) is 36.5 Å². The highest BCUT2D eigenvalue weighted by Crippen LogP contribution is 2.40. The van der Waals surface area contributed by atoms with Crippen LogP contribution in [0.25, 0.3) is 0 Å². The molecule has 0 saturated heterocycles. The molecule has 0 aliphatic carbocycles. The van der Waals surface area contributed by atoms with Gasteiger partial charge in [0, 0.05) is 32.9 Å². The molecule has 3 rings (SSSR count). The first-order valence-corrected chi connectivity index (χ1v) is 8.31. The van der Waals surface area contributed by atoms with Gasteiger partial charge in [-0.05, 0) is 29.8 Å². The van der Waals surface area contributed by atoms with Crippen molar-refractivity contribution in [2.45, 2.75) is 26.3 Å². The summed E-state index contributed by atoms with van der Waals surface area (Å²) in [4.78, 5) is 25.3. The molecule has 130 valence electrons. The summed E-state index contributed by atoms with van der Waals surface area (Å²) in [5, 5.41) is 2.86. The molecule has 1 atom stereocenters. The number of nitrogens with one attached hydrogen (secondary N) is 1. The molecule has 0 spiro atoms. The second-order valence-corrected chi connectivity index (χ2v) is 6.44. The summed E-state index contributed by atoms with van der Waals surface area (Å²) in [6.07, 6.45) is 0. The third kappa shape index (κ3) is 3.72.